The minimum atomic E-state index is -1.07. The number of carbonyl (C=O) groups is 2. The quantitative estimate of drug-likeness (QED) is 0.239. The third-order valence-electron chi connectivity index (χ3n) is 5.68. The van der Waals surface area contributed by atoms with Crippen LogP contribution in [-0.2, 0) is 9.59 Å². The van der Waals surface area contributed by atoms with Crippen molar-refractivity contribution in [1.82, 2.24) is 9.97 Å². The highest BCUT2D eigenvalue weighted by atomic mass is 35.5. The number of thiazole rings is 1. The van der Waals surface area contributed by atoms with Gasteiger partial charge in [-0.2, -0.15) is 0 Å². The summed E-state index contributed by atoms with van der Waals surface area (Å²) in [5.41, 5.74) is 0.827. The highest BCUT2D eigenvalue weighted by Gasteiger charge is 2.49. The third kappa shape index (κ3) is 3.41. The highest BCUT2D eigenvalue weighted by Crippen LogP contribution is 2.45. The minimum absolute atomic E-state index is 0.0418. The maximum atomic E-state index is 14.0. The van der Waals surface area contributed by atoms with Crippen LogP contribution in [0.2, 0.25) is 5.02 Å². The van der Waals surface area contributed by atoms with Crippen molar-refractivity contribution in [2.45, 2.75) is 6.04 Å². The Kier molecular flexibility index (Phi) is 4.94. The number of rotatable bonds is 3. The van der Waals surface area contributed by atoms with Crippen LogP contribution in [0.4, 0.5) is 9.52 Å². The van der Waals surface area contributed by atoms with E-state index >= 15 is 0 Å². The van der Waals surface area contributed by atoms with Crippen LogP contribution in [0.1, 0.15) is 17.3 Å². The number of hydrogen-bond acceptors (Lipinski definition) is 8. The second-order valence-corrected chi connectivity index (χ2v) is 9.14. The Hall–Kier alpha value is -4.02. The van der Waals surface area contributed by atoms with Gasteiger partial charge in [-0.1, -0.05) is 29.0 Å². The Balaban J connectivity index is 1.54. The predicted octanol–water partition coefficient (Wildman–Crippen LogP) is 4.84. The topological polar surface area (TPSA) is 102 Å². The van der Waals surface area contributed by atoms with Crippen LogP contribution < -0.4 is 14.4 Å². The van der Waals surface area contributed by atoms with Crippen LogP contribution in [0.15, 0.2) is 60.3 Å². The number of Topliss-reactive ketones (excluding diaryl/α,β-unsaturated/α-hetero) is 1. The van der Waals surface area contributed by atoms with Crippen molar-refractivity contribution < 1.29 is 28.6 Å². The van der Waals surface area contributed by atoms with Crippen molar-refractivity contribution in [3.63, 3.8) is 0 Å². The molecule has 1 unspecified atom stereocenters. The molecule has 0 aliphatic carbocycles. The molecule has 2 aliphatic heterocycles. The summed E-state index contributed by atoms with van der Waals surface area (Å²) in [6, 6.07) is 11.2. The van der Waals surface area contributed by atoms with Crippen molar-refractivity contribution in [2.75, 3.05) is 11.7 Å². The van der Waals surface area contributed by atoms with Gasteiger partial charge in [0.2, 0.25) is 6.79 Å². The molecule has 0 bridgehead atoms. The molecular formula is C24H13ClFN3O5S. The SMILES string of the molecule is O=C1C(=O)N(c2nc3cc(Cl)c(F)cc3s2)C(c2ccccn2)/C1=C(\O)c1ccc2c(c1)OCO2. The van der Waals surface area contributed by atoms with E-state index in [1.807, 2.05) is 0 Å². The second-order valence-electron chi connectivity index (χ2n) is 7.72. The van der Waals surface area contributed by atoms with Gasteiger partial charge in [0.25, 0.3) is 5.78 Å². The average molecular weight is 510 g/mol. The molecular weight excluding hydrogens is 497 g/mol. The summed E-state index contributed by atoms with van der Waals surface area (Å²) in [4.78, 5) is 36.4. The van der Waals surface area contributed by atoms with Gasteiger partial charge >= 0.3 is 5.91 Å². The normalized spacial score (nSPS) is 18.6. The van der Waals surface area contributed by atoms with Gasteiger partial charge in [-0.3, -0.25) is 19.5 Å². The summed E-state index contributed by atoms with van der Waals surface area (Å²) < 4.78 is 25.1. The van der Waals surface area contributed by atoms with E-state index in [0.717, 1.165) is 11.3 Å². The van der Waals surface area contributed by atoms with Gasteiger partial charge in [-0.05, 0) is 42.5 Å². The Morgan fingerprint density at radius 3 is 2.77 bits per heavy atom. The number of anilines is 1. The molecule has 1 atom stereocenters. The summed E-state index contributed by atoms with van der Waals surface area (Å²) >= 11 is 6.91. The van der Waals surface area contributed by atoms with E-state index in [1.165, 1.54) is 29.3 Å². The largest absolute Gasteiger partial charge is 0.507 e. The molecule has 4 heterocycles. The summed E-state index contributed by atoms with van der Waals surface area (Å²) in [6.45, 7) is 0.0418. The molecule has 2 aliphatic rings. The van der Waals surface area contributed by atoms with Crippen LogP contribution in [0, 0.1) is 5.82 Å². The van der Waals surface area contributed by atoms with Crippen molar-refractivity contribution in [1.29, 1.82) is 0 Å². The van der Waals surface area contributed by atoms with E-state index in [1.54, 1.807) is 30.3 Å². The number of pyridine rings is 1. The van der Waals surface area contributed by atoms with Gasteiger partial charge in [0, 0.05) is 11.8 Å². The van der Waals surface area contributed by atoms with Crippen LogP contribution in [0.25, 0.3) is 16.0 Å². The first-order chi connectivity index (χ1) is 16.9. The van der Waals surface area contributed by atoms with Gasteiger partial charge in [0.05, 0.1) is 26.5 Å². The number of hydrogen-bond donors (Lipinski definition) is 1. The lowest BCUT2D eigenvalue weighted by atomic mass is 9.98. The number of aromatic nitrogens is 2. The molecule has 1 N–H and O–H groups in total. The first-order valence-corrected chi connectivity index (χ1v) is 11.5. The molecule has 6 rings (SSSR count). The maximum Gasteiger partial charge on any atom is 0.301 e. The number of aliphatic hydroxyl groups is 1. The fourth-order valence-corrected chi connectivity index (χ4v) is 5.22. The lowest BCUT2D eigenvalue weighted by Gasteiger charge is -2.21. The molecule has 2 aromatic carbocycles. The number of halogens is 2. The molecule has 1 amide bonds. The zero-order valence-corrected chi connectivity index (χ0v) is 19.1. The summed E-state index contributed by atoms with van der Waals surface area (Å²) in [5.74, 6) is -1.91. The number of carbonyl (C=O) groups excluding carboxylic acids is 2. The van der Waals surface area contributed by atoms with E-state index in [9.17, 15) is 19.1 Å². The van der Waals surface area contributed by atoms with Crippen LogP contribution >= 0.6 is 22.9 Å². The Labute approximate surface area is 205 Å². The molecule has 0 radical (unpaired) electrons. The van der Waals surface area contributed by atoms with Gasteiger partial charge in [0.15, 0.2) is 16.6 Å². The minimum Gasteiger partial charge on any atom is -0.507 e. The van der Waals surface area contributed by atoms with Gasteiger partial charge in [-0.15, -0.1) is 0 Å². The highest BCUT2D eigenvalue weighted by molar-refractivity contribution is 7.22. The van der Waals surface area contributed by atoms with Crippen molar-refractivity contribution >= 4 is 55.7 Å². The monoisotopic (exact) mass is 509 g/mol. The lowest BCUT2D eigenvalue weighted by molar-refractivity contribution is -0.132. The van der Waals surface area contributed by atoms with Crippen molar-refractivity contribution in [3.8, 4) is 11.5 Å². The smallest absolute Gasteiger partial charge is 0.301 e. The van der Waals surface area contributed by atoms with Crippen molar-refractivity contribution in [3.05, 3.63) is 82.4 Å². The van der Waals surface area contributed by atoms with Crippen LogP contribution in [0.3, 0.4) is 0 Å². The Bertz CT molecular complexity index is 1530. The number of ether oxygens (including phenoxy) is 2. The molecule has 35 heavy (non-hydrogen) atoms. The van der Waals surface area contributed by atoms with E-state index in [2.05, 4.69) is 9.97 Å². The van der Waals surface area contributed by atoms with Crippen LogP contribution in [-0.4, -0.2) is 33.6 Å². The maximum absolute atomic E-state index is 14.0. The van der Waals surface area contributed by atoms with E-state index in [0.29, 0.717) is 27.4 Å². The van der Waals surface area contributed by atoms with Gasteiger partial charge < -0.3 is 14.6 Å². The number of ketones is 1. The molecule has 0 saturated carbocycles. The second kappa shape index (κ2) is 8.03. The fourth-order valence-electron chi connectivity index (χ4n) is 4.06. The van der Waals surface area contributed by atoms with Crippen LogP contribution in [0.5, 0.6) is 11.5 Å². The molecule has 11 heteroatoms. The van der Waals surface area contributed by atoms with E-state index in [-0.39, 0.29) is 28.1 Å². The standard InChI is InChI=1S/C24H13ClFN3O5S/c25-12-8-15-18(9-13(12)26)35-24(28-15)29-20(14-3-1-2-6-27-14)19(22(31)23(29)32)21(30)11-4-5-16-17(7-11)34-10-33-16/h1-9,20,30H,10H2/b21-19+. The molecule has 4 aromatic rings. The number of benzene rings is 2. The number of amides is 1. The Morgan fingerprint density at radius 2 is 1.97 bits per heavy atom. The first-order valence-electron chi connectivity index (χ1n) is 10.3. The average Bonchev–Trinajstić information content (AvgIpc) is 3.55. The van der Waals surface area contributed by atoms with Gasteiger partial charge in [-0.25, -0.2) is 9.37 Å². The summed E-state index contributed by atoms with van der Waals surface area (Å²) in [5, 5.41) is 11.3. The zero-order chi connectivity index (χ0) is 24.3. The van der Waals surface area contributed by atoms with Crippen molar-refractivity contribution in [2.24, 2.45) is 0 Å². The molecule has 1 saturated heterocycles. The summed E-state index contributed by atoms with van der Waals surface area (Å²) in [7, 11) is 0. The number of nitrogens with zero attached hydrogens (tertiary/aromatic N) is 3. The van der Waals surface area contributed by atoms with E-state index < -0.39 is 29.3 Å². The summed E-state index contributed by atoms with van der Waals surface area (Å²) in [6.07, 6.45) is 1.52. The van der Waals surface area contributed by atoms with E-state index in [4.69, 9.17) is 21.1 Å². The number of fused-ring (bicyclic) bond motifs is 2. The molecule has 0 spiro atoms. The Morgan fingerprint density at radius 1 is 1.14 bits per heavy atom. The third-order valence-corrected chi connectivity index (χ3v) is 6.99. The fraction of sp³-hybridized carbons (Fsp3) is 0.0833. The molecule has 8 nitrogen and oxygen atoms in total. The lowest BCUT2D eigenvalue weighted by Crippen LogP contribution is -2.29. The zero-order valence-electron chi connectivity index (χ0n) is 17.6. The van der Waals surface area contributed by atoms with Gasteiger partial charge in [0.1, 0.15) is 17.6 Å². The first kappa shape index (κ1) is 21.5. The predicted molar refractivity (Wildman–Crippen MR) is 126 cm³/mol. The molecule has 174 valence electrons. The number of aliphatic hydroxyl groups excluding tert-OH is 1. The molecule has 1 fully saturated rings. The molecule has 2 aromatic heterocycles.